The van der Waals surface area contributed by atoms with Crippen LogP contribution in [0.15, 0.2) is 78.3 Å². The fourth-order valence-corrected chi connectivity index (χ4v) is 7.77. The quantitative estimate of drug-likeness (QED) is 0.0703. The van der Waals surface area contributed by atoms with Crippen LogP contribution in [0.1, 0.15) is 0 Å². The van der Waals surface area contributed by atoms with Crippen LogP contribution in [-0.4, -0.2) is 73.9 Å². The standard InChI is InChI=1S/C24H18ClN7O13S4.4Na/c1-26-23-28-22(25)29-24(30-23)27-14-7-6-11-13(21(14)49(43,44)45)9-17(47(37,38)39)18(19(11)33)32-31-15-8-5-10-12(20(15)48(40,41)42)3-2-4-16(10)46(34,35)36;;;;/h2-9,33H,1H3,(H,34,35,36)(H,37,38,39)(H,40,41,42)(H,43,44,45)(H2,26,27,28,29,30);;;;/q;4*+1/p-4. The first-order valence-electron chi connectivity index (χ1n) is 12.6. The Balaban J connectivity index is 0.00000351. The Bertz CT molecular complexity index is 2730. The predicted molar refractivity (Wildman–Crippen MR) is 163 cm³/mol. The van der Waals surface area contributed by atoms with Gasteiger partial charge in [-0.3, -0.25) is 4.55 Å². The zero-order chi connectivity index (χ0) is 36.3. The first kappa shape index (κ1) is 50.4. The second-order valence-electron chi connectivity index (χ2n) is 9.52. The number of nitrogens with zero attached hydrogens (tertiary/aromatic N) is 5. The predicted octanol–water partition coefficient (Wildman–Crippen LogP) is -9.92. The van der Waals surface area contributed by atoms with Gasteiger partial charge in [0.2, 0.25) is 17.2 Å². The number of hydrogen-bond donors (Lipinski definition) is 3. The monoisotopic (exact) mass is 863 g/mol. The molecule has 4 aromatic carbocycles. The maximum atomic E-state index is 13.5. The van der Waals surface area contributed by atoms with Gasteiger partial charge in [-0.05, 0) is 41.3 Å². The summed E-state index contributed by atoms with van der Waals surface area (Å²) in [6.07, 6.45) is 0. The van der Waals surface area contributed by atoms with Crippen LogP contribution in [0, 0.1) is 0 Å². The molecule has 0 radical (unpaired) electrons. The number of benzene rings is 4. The molecule has 0 aliphatic carbocycles. The molecule has 0 saturated heterocycles. The number of rotatable bonds is 9. The zero-order valence-corrected chi connectivity index (χ0v) is 39.7. The second-order valence-corrected chi connectivity index (χ2v) is 15.2. The van der Waals surface area contributed by atoms with E-state index in [-0.39, 0.29) is 135 Å². The topological polar surface area (TPSA) is 336 Å². The minimum absolute atomic E-state index is 0. The van der Waals surface area contributed by atoms with Gasteiger partial charge in [0, 0.05) is 23.2 Å². The van der Waals surface area contributed by atoms with Crippen LogP contribution >= 0.6 is 11.6 Å². The van der Waals surface area contributed by atoms with Crippen molar-refractivity contribution in [1.82, 2.24) is 15.0 Å². The van der Waals surface area contributed by atoms with E-state index in [1.165, 1.54) is 7.05 Å². The molecule has 0 unspecified atom stereocenters. The van der Waals surface area contributed by atoms with Crippen molar-refractivity contribution in [2.24, 2.45) is 10.2 Å². The first-order valence-corrected chi connectivity index (χ1v) is 18.6. The van der Waals surface area contributed by atoms with Crippen molar-refractivity contribution in [3.63, 3.8) is 0 Å². The molecule has 5 aromatic rings. The van der Waals surface area contributed by atoms with Gasteiger partial charge in [0.15, 0.2) is 0 Å². The van der Waals surface area contributed by atoms with Crippen molar-refractivity contribution in [3.8, 4) is 5.75 Å². The summed E-state index contributed by atoms with van der Waals surface area (Å²) in [6, 6.07) is 6.63. The summed E-state index contributed by atoms with van der Waals surface area (Å²) in [5.74, 6) is -1.92. The number of hydrogen-bond acceptors (Lipinski definition) is 19. The fraction of sp³-hybridized carbons (Fsp3) is 0.0417. The average molecular weight is 864 g/mol. The van der Waals surface area contributed by atoms with E-state index in [0.717, 1.165) is 42.5 Å². The summed E-state index contributed by atoms with van der Waals surface area (Å²) in [6.45, 7) is 0. The Kier molecular flexibility index (Phi) is 17.8. The molecule has 1 heterocycles. The molecule has 0 aliphatic rings. The molecular formula is C24H14ClN7Na4O13S4. The summed E-state index contributed by atoms with van der Waals surface area (Å²) in [5.41, 5.74) is -2.66. The van der Waals surface area contributed by atoms with Crippen molar-refractivity contribution >= 4 is 103 Å². The van der Waals surface area contributed by atoms with E-state index in [0.29, 0.717) is 6.07 Å². The van der Waals surface area contributed by atoms with Gasteiger partial charge >= 0.3 is 118 Å². The van der Waals surface area contributed by atoms with E-state index >= 15 is 0 Å². The second kappa shape index (κ2) is 18.7. The number of azo groups is 1. The summed E-state index contributed by atoms with van der Waals surface area (Å²) < 4.78 is 144. The molecule has 258 valence electrons. The van der Waals surface area contributed by atoms with Crippen LogP contribution in [0.2, 0.25) is 5.28 Å². The van der Waals surface area contributed by atoms with Gasteiger partial charge in [0.25, 0.3) is 10.1 Å². The Hall–Kier alpha value is -0.660. The Morgan fingerprint density at radius 1 is 0.679 bits per heavy atom. The van der Waals surface area contributed by atoms with Crippen LogP contribution in [0.4, 0.5) is 29.0 Å². The van der Waals surface area contributed by atoms with Crippen molar-refractivity contribution in [2.75, 3.05) is 17.7 Å². The molecule has 0 fully saturated rings. The smallest absolute Gasteiger partial charge is 0.871 e. The molecule has 20 nitrogen and oxygen atoms in total. The molecular weight excluding hydrogens is 850 g/mol. The minimum atomic E-state index is -5.74. The van der Waals surface area contributed by atoms with Crippen LogP contribution in [0.5, 0.6) is 5.75 Å². The van der Waals surface area contributed by atoms with Gasteiger partial charge in [-0.1, -0.05) is 30.0 Å². The molecule has 29 heteroatoms. The zero-order valence-electron chi connectivity index (χ0n) is 27.7. The number of fused-ring (bicyclic) bond motifs is 2. The van der Waals surface area contributed by atoms with Gasteiger partial charge in [-0.25, -0.2) is 25.3 Å². The maximum Gasteiger partial charge on any atom is 1.00 e. The molecule has 3 N–H and O–H groups in total. The number of aromatic nitrogens is 3. The van der Waals surface area contributed by atoms with Crippen molar-refractivity contribution in [3.05, 3.63) is 53.8 Å². The largest absolute Gasteiger partial charge is 1.00 e. The molecule has 5 rings (SSSR count). The van der Waals surface area contributed by atoms with E-state index < -0.39 is 104 Å². The summed E-state index contributed by atoms with van der Waals surface area (Å²) in [4.78, 5) is 6.68. The molecule has 0 aliphatic heterocycles. The summed E-state index contributed by atoms with van der Waals surface area (Å²) in [5, 5.41) is 22.6. The van der Waals surface area contributed by atoms with Crippen LogP contribution in [0.3, 0.4) is 0 Å². The van der Waals surface area contributed by atoms with Gasteiger partial charge in [0.05, 0.1) is 26.1 Å². The third-order valence-corrected chi connectivity index (χ3v) is 10.3. The third kappa shape index (κ3) is 11.1. The van der Waals surface area contributed by atoms with Crippen LogP contribution in [-0.2, 0) is 40.5 Å². The van der Waals surface area contributed by atoms with Crippen LogP contribution < -0.4 is 134 Å². The minimum Gasteiger partial charge on any atom is -0.871 e. The summed E-state index contributed by atoms with van der Waals surface area (Å²) in [7, 11) is -20.4. The summed E-state index contributed by atoms with van der Waals surface area (Å²) >= 11 is 5.83. The van der Waals surface area contributed by atoms with Crippen molar-refractivity contribution in [2.45, 2.75) is 19.6 Å². The van der Waals surface area contributed by atoms with E-state index in [9.17, 15) is 57.0 Å². The van der Waals surface area contributed by atoms with Gasteiger partial charge < -0.3 is 29.4 Å². The van der Waals surface area contributed by atoms with Crippen molar-refractivity contribution in [1.29, 1.82) is 0 Å². The molecule has 0 saturated carbocycles. The SMILES string of the molecule is CNc1nc(Cl)nc(Nc2ccc3c([O-])c(N=Nc4ccc5c(S(=O)(=O)[O-])cccc5c4S(=O)(=O)[O-])c(S(=O)(=O)[O-])cc3c2S(=O)(=O)O)n1.[Na+].[Na+].[Na+].[Na+]. The van der Waals surface area contributed by atoms with Gasteiger partial charge in [-0.2, -0.15) is 23.4 Å². The van der Waals surface area contributed by atoms with Gasteiger partial charge in [0.1, 0.15) is 40.9 Å². The van der Waals surface area contributed by atoms with E-state index in [4.69, 9.17) is 11.6 Å². The molecule has 1 aromatic heterocycles. The normalized spacial score (nSPS) is 12.0. The molecule has 0 atom stereocenters. The maximum absolute atomic E-state index is 13.5. The molecule has 0 amide bonds. The Morgan fingerprint density at radius 3 is 1.81 bits per heavy atom. The fourth-order valence-electron chi connectivity index (χ4n) is 4.63. The van der Waals surface area contributed by atoms with E-state index in [2.05, 4.69) is 35.8 Å². The van der Waals surface area contributed by atoms with Gasteiger partial charge in [-0.15, -0.1) is 10.2 Å². The first-order chi connectivity index (χ1) is 22.6. The Labute approximate surface area is 394 Å². The average Bonchev–Trinajstić information content (AvgIpc) is 2.97. The van der Waals surface area contributed by atoms with E-state index in [1.54, 1.807) is 0 Å². The molecule has 0 spiro atoms. The number of nitrogens with one attached hydrogen (secondary N) is 2. The number of halogens is 1. The van der Waals surface area contributed by atoms with Crippen LogP contribution in [0.25, 0.3) is 21.5 Å². The molecule has 0 bridgehead atoms. The number of anilines is 3. The molecule has 53 heavy (non-hydrogen) atoms. The van der Waals surface area contributed by atoms with Crippen molar-refractivity contribution < 1.29 is 175 Å². The third-order valence-electron chi connectivity index (χ3n) is 6.50. The van der Waals surface area contributed by atoms with E-state index in [1.807, 2.05) is 0 Å². The Morgan fingerprint density at radius 2 is 1.26 bits per heavy atom.